The number of nitrogens with zero attached hydrogens (tertiary/aromatic N) is 2. The lowest BCUT2D eigenvalue weighted by Gasteiger charge is -2.39. The van der Waals surface area contributed by atoms with Crippen LogP contribution in [0.5, 0.6) is 0 Å². The van der Waals surface area contributed by atoms with E-state index in [2.05, 4.69) is 9.97 Å². The van der Waals surface area contributed by atoms with Gasteiger partial charge in [0.15, 0.2) is 11.4 Å². The molecule has 0 aliphatic carbocycles. The molecule has 1 amide bonds. The highest BCUT2D eigenvalue weighted by Gasteiger charge is 2.42. The van der Waals surface area contributed by atoms with Gasteiger partial charge in [-0.05, 0) is 19.3 Å². The number of piperidine rings is 1. The maximum absolute atomic E-state index is 12.4. The molecule has 1 aromatic heterocycles. The zero-order chi connectivity index (χ0) is 15.6. The number of amides is 1. The number of aliphatic carboxylic acids is 1. The highest BCUT2D eigenvalue weighted by Crippen LogP contribution is 2.34. The Kier molecular flexibility index (Phi) is 3.97. The van der Waals surface area contributed by atoms with E-state index in [1.165, 1.54) is 4.90 Å². The topological polar surface area (TPSA) is 124 Å². The van der Waals surface area contributed by atoms with Crippen molar-refractivity contribution in [3.8, 4) is 0 Å². The maximum Gasteiger partial charge on any atom is 0.354 e. The van der Waals surface area contributed by atoms with Gasteiger partial charge in [-0.25, -0.2) is 9.78 Å². The quantitative estimate of drug-likeness (QED) is 0.755. The summed E-state index contributed by atoms with van der Waals surface area (Å²) in [5.74, 6) is -2.75. The minimum absolute atomic E-state index is 0.0730. The van der Waals surface area contributed by atoms with Crippen molar-refractivity contribution in [2.24, 2.45) is 5.41 Å². The van der Waals surface area contributed by atoms with Crippen LogP contribution < -0.4 is 0 Å². The summed E-state index contributed by atoms with van der Waals surface area (Å²) in [7, 11) is 0. The molecule has 114 valence electrons. The third-order valence-electron chi connectivity index (χ3n) is 4.05. The number of carbonyl (C=O) groups excluding carboxylic acids is 1. The van der Waals surface area contributed by atoms with Crippen LogP contribution >= 0.6 is 0 Å². The molecule has 0 spiro atoms. The second kappa shape index (κ2) is 5.55. The first-order chi connectivity index (χ1) is 9.91. The van der Waals surface area contributed by atoms with Crippen molar-refractivity contribution in [2.45, 2.75) is 26.2 Å². The zero-order valence-electron chi connectivity index (χ0n) is 11.6. The van der Waals surface area contributed by atoms with Gasteiger partial charge in [0.1, 0.15) is 0 Å². The normalized spacial score (nSPS) is 22.0. The number of H-pyrrole nitrogens is 1. The first kappa shape index (κ1) is 15.0. The third-order valence-corrected chi connectivity index (χ3v) is 4.05. The predicted molar refractivity (Wildman–Crippen MR) is 71.0 cm³/mol. The predicted octanol–water partition coefficient (Wildman–Crippen LogP) is 0.825. The molecule has 3 N–H and O–H groups in total. The second-order valence-corrected chi connectivity index (χ2v) is 5.20. The molecular formula is C13H17N3O5. The van der Waals surface area contributed by atoms with Crippen LogP contribution in [0.15, 0.2) is 6.33 Å². The van der Waals surface area contributed by atoms with Gasteiger partial charge in [0, 0.05) is 13.1 Å². The number of rotatable bonds is 4. The van der Waals surface area contributed by atoms with Gasteiger partial charge in [-0.2, -0.15) is 0 Å². The van der Waals surface area contributed by atoms with E-state index in [-0.39, 0.29) is 17.9 Å². The molecule has 1 aromatic rings. The highest BCUT2D eigenvalue weighted by atomic mass is 16.4. The van der Waals surface area contributed by atoms with Gasteiger partial charge in [0.05, 0.1) is 11.7 Å². The zero-order valence-corrected chi connectivity index (χ0v) is 11.6. The SMILES string of the molecule is CC[C@]1(C(=O)O)CCCN(C(=O)c2nc[nH]c2C(=O)O)C1. The Bertz CT molecular complexity index is 582. The molecule has 1 fully saturated rings. The van der Waals surface area contributed by atoms with Gasteiger partial charge in [-0.15, -0.1) is 0 Å². The van der Waals surface area contributed by atoms with E-state index in [1.807, 2.05) is 0 Å². The number of nitrogens with one attached hydrogen (secondary N) is 1. The lowest BCUT2D eigenvalue weighted by Crippen LogP contribution is -2.49. The fourth-order valence-corrected chi connectivity index (χ4v) is 2.69. The van der Waals surface area contributed by atoms with Crippen molar-refractivity contribution in [1.82, 2.24) is 14.9 Å². The number of carboxylic acid groups (broad SMARTS) is 2. The minimum atomic E-state index is -1.27. The largest absolute Gasteiger partial charge is 0.481 e. The lowest BCUT2D eigenvalue weighted by atomic mass is 9.77. The van der Waals surface area contributed by atoms with Crippen LogP contribution in [0.4, 0.5) is 0 Å². The summed E-state index contributed by atoms with van der Waals surface area (Å²) in [6.45, 7) is 2.25. The summed E-state index contributed by atoms with van der Waals surface area (Å²) in [4.78, 5) is 42.5. The summed E-state index contributed by atoms with van der Waals surface area (Å²) in [5.41, 5.74) is -1.42. The monoisotopic (exact) mass is 295 g/mol. The fraction of sp³-hybridized carbons (Fsp3) is 0.538. The molecule has 2 rings (SSSR count). The van der Waals surface area contributed by atoms with Crippen LogP contribution in [0.1, 0.15) is 47.2 Å². The van der Waals surface area contributed by atoms with Crippen molar-refractivity contribution in [3.05, 3.63) is 17.7 Å². The fourth-order valence-electron chi connectivity index (χ4n) is 2.69. The number of hydrogen-bond acceptors (Lipinski definition) is 4. The summed E-state index contributed by atoms with van der Waals surface area (Å²) < 4.78 is 0. The standard InChI is InChI=1S/C13H17N3O5/c1-2-13(12(20)21)4-3-5-16(6-13)10(17)8-9(11(18)19)15-7-14-8/h7H,2-6H2,1H3,(H,14,15)(H,18,19)(H,20,21)/t13-/m0/s1. The Morgan fingerprint density at radius 1 is 1.43 bits per heavy atom. The smallest absolute Gasteiger partial charge is 0.354 e. The Hall–Kier alpha value is -2.38. The lowest BCUT2D eigenvalue weighted by molar-refractivity contribution is -0.152. The number of aromatic amines is 1. The van der Waals surface area contributed by atoms with Gasteiger partial charge in [0.25, 0.3) is 5.91 Å². The van der Waals surface area contributed by atoms with Crippen LogP contribution in [0.25, 0.3) is 0 Å². The highest BCUT2D eigenvalue weighted by molar-refractivity contribution is 6.02. The first-order valence-electron chi connectivity index (χ1n) is 6.70. The summed E-state index contributed by atoms with van der Waals surface area (Å²) in [6.07, 6.45) is 2.64. The Morgan fingerprint density at radius 3 is 2.71 bits per heavy atom. The van der Waals surface area contributed by atoms with Crippen molar-refractivity contribution in [2.75, 3.05) is 13.1 Å². The summed E-state index contributed by atoms with van der Waals surface area (Å²) >= 11 is 0. The molecule has 0 bridgehead atoms. The van der Waals surface area contributed by atoms with E-state index in [1.54, 1.807) is 6.92 Å². The Balaban J connectivity index is 2.25. The number of carboxylic acids is 2. The minimum Gasteiger partial charge on any atom is -0.481 e. The average Bonchev–Trinajstić information content (AvgIpc) is 2.95. The Labute approximate surface area is 120 Å². The van der Waals surface area contributed by atoms with E-state index >= 15 is 0 Å². The number of likely N-dealkylation sites (tertiary alicyclic amines) is 1. The van der Waals surface area contributed by atoms with Gasteiger partial charge in [-0.3, -0.25) is 9.59 Å². The van der Waals surface area contributed by atoms with Crippen LogP contribution in [-0.2, 0) is 4.79 Å². The van der Waals surface area contributed by atoms with Gasteiger partial charge in [-0.1, -0.05) is 6.92 Å². The van der Waals surface area contributed by atoms with E-state index in [0.717, 1.165) is 6.33 Å². The van der Waals surface area contributed by atoms with Crippen molar-refractivity contribution in [3.63, 3.8) is 0 Å². The van der Waals surface area contributed by atoms with Gasteiger partial charge < -0.3 is 20.1 Å². The molecule has 1 atom stereocenters. The molecule has 0 unspecified atom stereocenters. The molecule has 1 aliphatic rings. The van der Waals surface area contributed by atoms with E-state index in [4.69, 9.17) is 5.11 Å². The van der Waals surface area contributed by atoms with Crippen molar-refractivity contribution >= 4 is 17.8 Å². The maximum atomic E-state index is 12.4. The second-order valence-electron chi connectivity index (χ2n) is 5.20. The van der Waals surface area contributed by atoms with Crippen molar-refractivity contribution < 1.29 is 24.6 Å². The molecule has 0 radical (unpaired) electrons. The number of imidazole rings is 1. The van der Waals surface area contributed by atoms with E-state index in [9.17, 15) is 19.5 Å². The Morgan fingerprint density at radius 2 is 2.14 bits per heavy atom. The van der Waals surface area contributed by atoms with Crippen LogP contribution in [0.3, 0.4) is 0 Å². The molecule has 0 saturated carbocycles. The number of aromatic nitrogens is 2. The molecule has 8 nitrogen and oxygen atoms in total. The van der Waals surface area contributed by atoms with Gasteiger partial charge >= 0.3 is 11.9 Å². The van der Waals surface area contributed by atoms with E-state index < -0.39 is 23.3 Å². The molecule has 0 aromatic carbocycles. The molecular weight excluding hydrogens is 278 g/mol. The molecule has 1 saturated heterocycles. The molecule has 1 aliphatic heterocycles. The van der Waals surface area contributed by atoms with E-state index in [0.29, 0.717) is 25.8 Å². The average molecular weight is 295 g/mol. The molecule has 2 heterocycles. The number of hydrogen-bond donors (Lipinski definition) is 3. The van der Waals surface area contributed by atoms with Gasteiger partial charge in [0.2, 0.25) is 0 Å². The number of carbonyl (C=O) groups is 3. The summed E-state index contributed by atoms with van der Waals surface area (Å²) in [5, 5.41) is 18.4. The molecule has 8 heteroatoms. The van der Waals surface area contributed by atoms with Crippen molar-refractivity contribution in [1.29, 1.82) is 0 Å². The molecule has 21 heavy (non-hydrogen) atoms. The van der Waals surface area contributed by atoms with Crippen LogP contribution in [-0.4, -0.2) is 56.0 Å². The summed E-state index contributed by atoms with van der Waals surface area (Å²) in [6, 6.07) is 0. The van der Waals surface area contributed by atoms with Crippen LogP contribution in [0, 0.1) is 5.41 Å². The first-order valence-corrected chi connectivity index (χ1v) is 6.70. The third kappa shape index (κ3) is 2.61. The number of aromatic carboxylic acids is 1. The van der Waals surface area contributed by atoms with Crippen LogP contribution in [0.2, 0.25) is 0 Å².